The summed E-state index contributed by atoms with van der Waals surface area (Å²) in [5, 5.41) is 13.7. The van der Waals surface area contributed by atoms with Crippen molar-refractivity contribution in [3.63, 3.8) is 0 Å². The molecule has 9 heteroatoms. The minimum absolute atomic E-state index is 0.00922. The summed E-state index contributed by atoms with van der Waals surface area (Å²) in [6.07, 6.45) is -0.692. The standard InChI is InChI=1S/C23H28FN3O5/c1-21(2,3)32-20(29)26-11-23(5,30)16-10-15-18(31-12-22(15,4)19(25)28)17(27-16)13-6-8-14(24)9-7-13/h6-10,30H,11-12H2,1-5H3,(H2,25,28)(H,26,29). The molecular formula is C23H28FN3O5. The second-order valence-electron chi connectivity index (χ2n) is 9.35. The summed E-state index contributed by atoms with van der Waals surface area (Å²) in [4.78, 5) is 28.8. The number of ether oxygens (including phenoxy) is 2. The van der Waals surface area contributed by atoms with Crippen molar-refractivity contribution in [1.82, 2.24) is 10.3 Å². The third kappa shape index (κ3) is 4.67. The number of nitrogens with zero attached hydrogens (tertiary/aromatic N) is 1. The third-order valence-corrected chi connectivity index (χ3v) is 5.26. The molecule has 0 spiro atoms. The molecule has 2 unspecified atom stereocenters. The molecule has 4 N–H and O–H groups in total. The maximum Gasteiger partial charge on any atom is 0.407 e. The number of aliphatic hydroxyl groups is 1. The number of aromatic nitrogens is 1. The fourth-order valence-electron chi connectivity index (χ4n) is 3.32. The molecule has 0 bridgehead atoms. The number of primary amides is 1. The Morgan fingerprint density at radius 1 is 1.28 bits per heavy atom. The van der Waals surface area contributed by atoms with Crippen LogP contribution in [0, 0.1) is 5.82 Å². The Bertz CT molecular complexity index is 1050. The summed E-state index contributed by atoms with van der Waals surface area (Å²) in [6, 6.07) is 7.16. The average molecular weight is 445 g/mol. The number of carbonyl (C=O) groups excluding carboxylic acids is 2. The predicted molar refractivity (Wildman–Crippen MR) is 115 cm³/mol. The number of nitrogens with two attached hydrogens (primary N) is 1. The topological polar surface area (TPSA) is 124 Å². The van der Waals surface area contributed by atoms with Gasteiger partial charge in [-0.1, -0.05) is 0 Å². The van der Waals surface area contributed by atoms with Crippen molar-refractivity contribution in [3.05, 3.63) is 47.4 Å². The largest absolute Gasteiger partial charge is 0.489 e. The van der Waals surface area contributed by atoms with Crippen molar-refractivity contribution in [2.75, 3.05) is 13.2 Å². The Balaban J connectivity index is 2.04. The number of rotatable bonds is 5. The molecule has 1 aliphatic rings. The molecule has 1 aromatic carbocycles. The molecule has 2 heterocycles. The fraction of sp³-hybridized carbons (Fsp3) is 0.435. The highest BCUT2D eigenvalue weighted by molar-refractivity contribution is 5.90. The van der Waals surface area contributed by atoms with Crippen LogP contribution >= 0.6 is 0 Å². The molecule has 2 atom stereocenters. The van der Waals surface area contributed by atoms with Gasteiger partial charge in [0.05, 0.1) is 12.2 Å². The molecule has 8 nitrogen and oxygen atoms in total. The van der Waals surface area contributed by atoms with Gasteiger partial charge in [0, 0.05) is 11.1 Å². The van der Waals surface area contributed by atoms with Crippen molar-refractivity contribution < 1.29 is 28.6 Å². The first-order valence-corrected chi connectivity index (χ1v) is 10.2. The minimum Gasteiger partial charge on any atom is -0.489 e. The second kappa shape index (κ2) is 8.05. The highest BCUT2D eigenvalue weighted by Crippen LogP contribution is 2.45. The van der Waals surface area contributed by atoms with Crippen LogP contribution in [-0.2, 0) is 20.5 Å². The molecule has 1 aliphatic heterocycles. The lowest BCUT2D eigenvalue weighted by atomic mass is 9.82. The van der Waals surface area contributed by atoms with Crippen molar-refractivity contribution >= 4 is 12.0 Å². The highest BCUT2D eigenvalue weighted by Gasteiger charge is 2.45. The van der Waals surface area contributed by atoms with Crippen molar-refractivity contribution in [2.45, 2.75) is 51.2 Å². The van der Waals surface area contributed by atoms with Crippen LogP contribution in [0.2, 0.25) is 0 Å². The van der Waals surface area contributed by atoms with E-state index in [0.717, 1.165) is 0 Å². The third-order valence-electron chi connectivity index (χ3n) is 5.26. The van der Waals surface area contributed by atoms with E-state index in [2.05, 4.69) is 10.3 Å². The molecule has 172 valence electrons. The van der Waals surface area contributed by atoms with E-state index in [1.165, 1.54) is 31.2 Å². The van der Waals surface area contributed by atoms with Crippen LogP contribution in [0.3, 0.4) is 0 Å². The molecule has 0 radical (unpaired) electrons. The summed E-state index contributed by atoms with van der Waals surface area (Å²) < 4.78 is 24.5. The van der Waals surface area contributed by atoms with Gasteiger partial charge in [0.1, 0.15) is 40.5 Å². The smallest absolute Gasteiger partial charge is 0.407 e. The molecule has 2 aromatic rings. The summed E-state index contributed by atoms with van der Waals surface area (Å²) in [7, 11) is 0. The van der Waals surface area contributed by atoms with Crippen LogP contribution in [-0.4, -0.2) is 40.8 Å². The van der Waals surface area contributed by atoms with Crippen molar-refractivity contribution in [1.29, 1.82) is 0 Å². The molecule has 1 aromatic heterocycles. The number of fused-ring (bicyclic) bond motifs is 1. The zero-order valence-corrected chi connectivity index (χ0v) is 18.8. The van der Waals surface area contributed by atoms with E-state index in [0.29, 0.717) is 22.6 Å². The number of benzene rings is 1. The van der Waals surface area contributed by atoms with E-state index in [9.17, 15) is 19.1 Å². The Morgan fingerprint density at radius 3 is 2.47 bits per heavy atom. The van der Waals surface area contributed by atoms with Gasteiger partial charge in [-0.2, -0.15) is 0 Å². The maximum absolute atomic E-state index is 13.5. The van der Waals surface area contributed by atoms with Crippen molar-refractivity contribution in [2.24, 2.45) is 5.73 Å². The Kier molecular flexibility index (Phi) is 5.90. The molecule has 3 rings (SSSR count). The maximum atomic E-state index is 13.5. The van der Waals surface area contributed by atoms with Gasteiger partial charge in [0.2, 0.25) is 5.91 Å². The van der Waals surface area contributed by atoms with E-state index in [4.69, 9.17) is 15.2 Å². The molecule has 0 fully saturated rings. The van der Waals surface area contributed by atoms with Crippen LogP contribution in [0.25, 0.3) is 11.3 Å². The predicted octanol–water partition coefficient (Wildman–Crippen LogP) is 2.76. The van der Waals surface area contributed by atoms with E-state index in [1.54, 1.807) is 33.8 Å². The lowest BCUT2D eigenvalue weighted by Gasteiger charge is -2.27. The van der Waals surface area contributed by atoms with Crippen LogP contribution < -0.4 is 15.8 Å². The van der Waals surface area contributed by atoms with Gasteiger partial charge < -0.3 is 25.6 Å². The van der Waals surface area contributed by atoms with Gasteiger partial charge in [-0.05, 0) is 65.0 Å². The first kappa shape index (κ1) is 23.5. The van der Waals surface area contributed by atoms with E-state index < -0.39 is 34.4 Å². The second-order valence-corrected chi connectivity index (χ2v) is 9.35. The number of alkyl carbamates (subject to hydrolysis) is 1. The zero-order chi connectivity index (χ0) is 23.9. The number of hydrogen-bond donors (Lipinski definition) is 3. The summed E-state index contributed by atoms with van der Waals surface area (Å²) >= 11 is 0. The molecule has 0 aliphatic carbocycles. The number of pyridine rings is 1. The molecule has 2 amide bonds. The monoisotopic (exact) mass is 445 g/mol. The summed E-state index contributed by atoms with van der Waals surface area (Å²) in [6.45, 7) is 8.11. The van der Waals surface area contributed by atoms with Gasteiger partial charge in [-0.25, -0.2) is 14.2 Å². The Hall–Kier alpha value is -3.20. The minimum atomic E-state index is -1.62. The first-order chi connectivity index (χ1) is 14.7. The fourth-order valence-corrected chi connectivity index (χ4v) is 3.32. The van der Waals surface area contributed by atoms with Gasteiger partial charge in [-0.15, -0.1) is 0 Å². The van der Waals surface area contributed by atoms with Gasteiger partial charge in [0.15, 0.2) is 0 Å². The first-order valence-electron chi connectivity index (χ1n) is 10.2. The number of carbonyl (C=O) groups is 2. The van der Waals surface area contributed by atoms with Crippen LogP contribution in [0.15, 0.2) is 30.3 Å². The van der Waals surface area contributed by atoms with Crippen molar-refractivity contribution in [3.8, 4) is 17.0 Å². The lowest BCUT2D eigenvalue weighted by Crippen LogP contribution is -2.42. The number of halogens is 1. The summed E-state index contributed by atoms with van der Waals surface area (Å²) in [5.41, 5.74) is 3.70. The highest BCUT2D eigenvalue weighted by atomic mass is 19.1. The molecule has 0 saturated heterocycles. The Labute approximate surface area is 185 Å². The normalized spacial score (nSPS) is 19.5. The number of hydrogen-bond acceptors (Lipinski definition) is 6. The number of amides is 2. The lowest BCUT2D eigenvalue weighted by molar-refractivity contribution is -0.123. The van der Waals surface area contributed by atoms with Gasteiger partial charge >= 0.3 is 6.09 Å². The molecule has 32 heavy (non-hydrogen) atoms. The Morgan fingerprint density at radius 2 is 1.91 bits per heavy atom. The van der Waals surface area contributed by atoms with Crippen LogP contribution in [0.4, 0.5) is 9.18 Å². The van der Waals surface area contributed by atoms with Gasteiger partial charge in [0.25, 0.3) is 0 Å². The number of nitrogens with one attached hydrogen (secondary N) is 1. The SMILES string of the molecule is CC(C)(C)OC(=O)NCC(C)(O)c1cc2c(c(-c3ccc(F)cc3)n1)OCC2(C)C(N)=O. The molecular weight excluding hydrogens is 417 g/mol. The van der Waals surface area contributed by atoms with E-state index in [1.807, 2.05) is 0 Å². The zero-order valence-electron chi connectivity index (χ0n) is 18.8. The average Bonchev–Trinajstić information content (AvgIpc) is 3.04. The van der Waals surface area contributed by atoms with Crippen LogP contribution in [0.5, 0.6) is 5.75 Å². The van der Waals surface area contributed by atoms with E-state index >= 15 is 0 Å². The quantitative estimate of drug-likeness (QED) is 0.650. The van der Waals surface area contributed by atoms with Gasteiger partial charge in [-0.3, -0.25) is 4.79 Å². The molecule has 0 saturated carbocycles. The summed E-state index contributed by atoms with van der Waals surface area (Å²) in [5.74, 6) is -0.666. The van der Waals surface area contributed by atoms with E-state index in [-0.39, 0.29) is 18.8 Å². The van der Waals surface area contributed by atoms with Crippen LogP contribution in [0.1, 0.15) is 45.9 Å².